The zero-order valence-corrected chi connectivity index (χ0v) is 18.7. The first-order valence-electron chi connectivity index (χ1n) is 10.5. The van der Waals surface area contributed by atoms with E-state index >= 15 is 0 Å². The molecule has 0 bridgehead atoms. The van der Waals surface area contributed by atoms with Crippen molar-refractivity contribution in [2.75, 3.05) is 17.5 Å². The van der Waals surface area contributed by atoms with Crippen molar-refractivity contribution in [1.82, 2.24) is 5.32 Å². The van der Waals surface area contributed by atoms with Gasteiger partial charge in [0.2, 0.25) is 0 Å². The number of ether oxygens (including phenoxy) is 1. The van der Waals surface area contributed by atoms with Crippen molar-refractivity contribution in [3.05, 3.63) is 59.7 Å². The molecular weight excluding hydrogens is 416 g/mol. The van der Waals surface area contributed by atoms with Gasteiger partial charge in [-0.1, -0.05) is 37.1 Å². The second-order valence-corrected chi connectivity index (χ2v) is 9.44. The van der Waals surface area contributed by atoms with Crippen LogP contribution in [0.5, 0.6) is 0 Å². The van der Waals surface area contributed by atoms with Gasteiger partial charge in [0.15, 0.2) is 6.61 Å². The summed E-state index contributed by atoms with van der Waals surface area (Å²) in [6.45, 7) is 3.27. The molecule has 1 N–H and O–H groups in total. The van der Waals surface area contributed by atoms with Gasteiger partial charge in [-0.15, -0.1) is 0 Å². The molecule has 1 amide bonds. The maximum Gasteiger partial charge on any atom is 0.338 e. The van der Waals surface area contributed by atoms with E-state index in [0.29, 0.717) is 11.3 Å². The number of hydrogen-bond donors (Lipinski definition) is 1. The van der Waals surface area contributed by atoms with E-state index in [4.69, 9.17) is 4.74 Å². The fourth-order valence-corrected chi connectivity index (χ4v) is 5.49. The van der Waals surface area contributed by atoms with E-state index in [1.54, 1.807) is 44.2 Å². The van der Waals surface area contributed by atoms with Crippen molar-refractivity contribution in [2.24, 2.45) is 0 Å². The highest BCUT2D eigenvalue weighted by Gasteiger charge is 2.27. The van der Waals surface area contributed by atoms with Gasteiger partial charge in [0.1, 0.15) is 0 Å². The number of amides is 1. The van der Waals surface area contributed by atoms with Crippen molar-refractivity contribution in [1.29, 1.82) is 0 Å². The van der Waals surface area contributed by atoms with Crippen molar-refractivity contribution < 1.29 is 22.7 Å². The Morgan fingerprint density at radius 1 is 1.10 bits per heavy atom. The zero-order valence-electron chi connectivity index (χ0n) is 17.8. The molecule has 1 aliphatic rings. The van der Waals surface area contributed by atoms with Crippen LogP contribution in [0, 0.1) is 6.92 Å². The van der Waals surface area contributed by atoms with Crippen LogP contribution in [-0.2, 0) is 19.6 Å². The average Bonchev–Trinajstić information content (AvgIpc) is 3.26. The predicted octanol–water partition coefficient (Wildman–Crippen LogP) is 3.43. The Labute approximate surface area is 183 Å². The summed E-state index contributed by atoms with van der Waals surface area (Å²) in [5.74, 6) is -1.08. The lowest BCUT2D eigenvalue weighted by Crippen LogP contribution is -2.36. The molecule has 0 heterocycles. The summed E-state index contributed by atoms with van der Waals surface area (Å²) >= 11 is 0. The molecule has 0 atom stereocenters. The van der Waals surface area contributed by atoms with Crippen molar-refractivity contribution in [2.45, 2.75) is 50.5 Å². The molecule has 166 valence electrons. The van der Waals surface area contributed by atoms with Gasteiger partial charge < -0.3 is 10.1 Å². The van der Waals surface area contributed by atoms with E-state index in [0.717, 1.165) is 25.7 Å². The van der Waals surface area contributed by atoms with Crippen LogP contribution in [0.25, 0.3) is 0 Å². The molecule has 3 rings (SSSR count). The van der Waals surface area contributed by atoms with Gasteiger partial charge in [0, 0.05) is 12.6 Å². The van der Waals surface area contributed by atoms with Crippen LogP contribution in [0.4, 0.5) is 5.69 Å². The van der Waals surface area contributed by atoms with Crippen LogP contribution in [0.2, 0.25) is 0 Å². The smallest absolute Gasteiger partial charge is 0.338 e. The SMILES string of the molecule is CCN(c1ccccc1)S(=O)(=O)c1cc(C(=O)OCC(=O)NC2CCCC2)ccc1C. The van der Waals surface area contributed by atoms with Gasteiger partial charge in [-0.25, -0.2) is 13.2 Å². The van der Waals surface area contributed by atoms with E-state index in [1.165, 1.54) is 16.4 Å². The van der Waals surface area contributed by atoms with Crippen molar-refractivity contribution in [3.8, 4) is 0 Å². The molecule has 0 spiro atoms. The predicted molar refractivity (Wildman–Crippen MR) is 119 cm³/mol. The Balaban J connectivity index is 1.75. The Bertz CT molecular complexity index is 1030. The van der Waals surface area contributed by atoms with E-state index in [1.807, 2.05) is 6.07 Å². The normalized spacial score (nSPS) is 14.3. The van der Waals surface area contributed by atoms with Crippen LogP contribution >= 0.6 is 0 Å². The number of carbonyl (C=O) groups is 2. The summed E-state index contributed by atoms with van der Waals surface area (Å²) in [4.78, 5) is 24.5. The molecule has 2 aromatic carbocycles. The third-order valence-corrected chi connectivity index (χ3v) is 7.42. The summed E-state index contributed by atoms with van der Waals surface area (Å²) in [6, 6.07) is 13.3. The summed E-state index contributed by atoms with van der Waals surface area (Å²) in [5, 5.41) is 2.85. The number of esters is 1. The molecule has 7 nitrogen and oxygen atoms in total. The molecule has 2 aromatic rings. The maximum atomic E-state index is 13.3. The number of anilines is 1. The Morgan fingerprint density at radius 2 is 1.77 bits per heavy atom. The van der Waals surface area contributed by atoms with E-state index in [2.05, 4.69) is 5.32 Å². The van der Waals surface area contributed by atoms with E-state index < -0.39 is 22.6 Å². The number of aryl methyl sites for hydroxylation is 1. The second kappa shape index (κ2) is 9.96. The van der Waals surface area contributed by atoms with Gasteiger partial charge in [-0.2, -0.15) is 0 Å². The van der Waals surface area contributed by atoms with E-state index in [-0.39, 0.29) is 29.0 Å². The summed E-state index contributed by atoms with van der Waals surface area (Å²) in [5.41, 5.74) is 1.15. The maximum absolute atomic E-state index is 13.3. The second-order valence-electron chi connectivity index (χ2n) is 7.61. The number of sulfonamides is 1. The molecule has 1 fully saturated rings. The molecular formula is C23H28N2O5S. The topological polar surface area (TPSA) is 92.8 Å². The lowest BCUT2D eigenvalue weighted by atomic mass is 10.1. The van der Waals surface area contributed by atoms with Crippen LogP contribution in [0.3, 0.4) is 0 Å². The fraction of sp³-hybridized carbons (Fsp3) is 0.391. The minimum atomic E-state index is -3.89. The Kier molecular flexibility index (Phi) is 7.33. The number of benzene rings is 2. The molecule has 0 radical (unpaired) electrons. The standard InChI is InChI=1S/C23H28N2O5S/c1-3-25(20-11-5-4-6-12-20)31(28,29)21-15-18(14-13-17(21)2)23(27)30-16-22(26)24-19-9-7-8-10-19/h4-6,11-15,19H,3,7-10,16H2,1-2H3,(H,24,26). The highest BCUT2D eigenvalue weighted by molar-refractivity contribution is 7.92. The van der Waals surface area contributed by atoms with Gasteiger partial charge in [-0.3, -0.25) is 9.10 Å². The monoisotopic (exact) mass is 444 g/mol. The molecule has 0 aromatic heterocycles. The van der Waals surface area contributed by atoms with Gasteiger partial charge >= 0.3 is 5.97 Å². The third kappa shape index (κ3) is 5.44. The number of rotatable bonds is 8. The average molecular weight is 445 g/mol. The van der Waals surface area contributed by atoms with Gasteiger partial charge in [0.05, 0.1) is 16.1 Å². The largest absolute Gasteiger partial charge is 0.452 e. The van der Waals surface area contributed by atoms with E-state index in [9.17, 15) is 18.0 Å². The number of hydrogen-bond acceptors (Lipinski definition) is 5. The quantitative estimate of drug-likeness (QED) is 0.630. The first-order valence-corrected chi connectivity index (χ1v) is 11.9. The summed E-state index contributed by atoms with van der Waals surface area (Å²) < 4.78 is 33.1. The molecule has 31 heavy (non-hydrogen) atoms. The Morgan fingerprint density at radius 3 is 2.42 bits per heavy atom. The zero-order chi connectivity index (χ0) is 22.4. The van der Waals surface area contributed by atoms with Crippen LogP contribution in [0.15, 0.2) is 53.4 Å². The first kappa shape index (κ1) is 22.8. The van der Waals surface area contributed by atoms with Gasteiger partial charge in [-0.05, 0) is 56.5 Å². The molecule has 1 aliphatic carbocycles. The number of para-hydroxylation sites is 1. The van der Waals surface area contributed by atoms with Crippen LogP contribution < -0.4 is 9.62 Å². The Hall–Kier alpha value is -2.87. The number of carbonyl (C=O) groups excluding carboxylic acids is 2. The van der Waals surface area contributed by atoms with Crippen molar-refractivity contribution in [3.63, 3.8) is 0 Å². The van der Waals surface area contributed by atoms with Crippen molar-refractivity contribution >= 4 is 27.6 Å². The number of nitrogens with zero attached hydrogens (tertiary/aromatic N) is 1. The van der Waals surface area contributed by atoms with Gasteiger partial charge in [0.25, 0.3) is 15.9 Å². The highest BCUT2D eigenvalue weighted by atomic mass is 32.2. The minimum Gasteiger partial charge on any atom is -0.452 e. The van der Waals surface area contributed by atoms with Crippen LogP contribution in [-0.4, -0.2) is 39.5 Å². The molecule has 0 aliphatic heterocycles. The minimum absolute atomic E-state index is 0.0306. The molecule has 8 heteroatoms. The lowest BCUT2D eigenvalue weighted by molar-refractivity contribution is -0.124. The fourth-order valence-electron chi connectivity index (χ4n) is 3.76. The molecule has 0 saturated heterocycles. The first-order chi connectivity index (χ1) is 14.8. The summed E-state index contributed by atoms with van der Waals surface area (Å²) in [6.07, 6.45) is 4.05. The molecule has 1 saturated carbocycles. The number of nitrogens with one attached hydrogen (secondary N) is 1. The molecule has 0 unspecified atom stereocenters. The summed E-state index contributed by atoms with van der Waals surface area (Å²) in [7, 11) is -3.89. The lowest BCUT2D eigenvalue weighted by Gasteiger charge is -2.24. The highest BCUT2D eigenvalue weighted by Crippen LogP contribution is 2.26. The van der Waals surface area contributed by atoms with Crippen LogP contribution in [0.1, 0.15) is 48.5 Å². The third-order valence-electron chi connectivity index (χ3n) is 5.38.